The second-order valence-corrected chi connectivity index (χ2v) is 20.6. The minimum absolute atomic E-state index is 0.0203. The van der Waals surface area contributed by atoms with Crippen molar-refractivity contribution in [2.24, 2.45) is 11.8 Å². The van der Waals surface area contributed by atoms with Crippen molar-refractivity contribution in [3.63, 3.8) is 0 Å². The van der Waals surface area contributed by atoms with Gasteiger partial charge in [-0.3, -0.25) is 9.59 Å². The molecule has 1 fully saturated rings. The molecule has 0 spiro atoms. The van der Waals surface area contributed by atoms with E-state index in [1.807, 2.05) is 0 Å². The van der Waals surface area contributed by atoms with Gasteiger partial charge in [-0.2, -0.15) is 0 Å². The molecule has 0 aliphatic heterocycles. The summed E-state index contributed by atoms with van der Waals surface area (Å²) in [5, 5.41) is 20.3. The molecule has 2 N–H and O–H groups in total. The van der Waals surface area contributed by atoms with Gasteiger partial charge in [0.2, 0.25) is 5.91 Å². The van der Waals surface area contributed by atoms with Crippen molar-refractivity contribution in [1.29, 1.82) is 0 Å². The second-order valence-electron chi connectivity index (χ2n) is 20.6. The van der Waals surface area contributed by atoms with E-state index in [1.165, 1.54) is 173 Å². The van der Waals surface area contributed by atoms with Crippen LogP contribution in [0.15, 0.2) is 0 Å². The number of nitrogens with zero attached hydrogens (tertiary/aromatic N) is 2. The van der Waals surface area contributed by atoms with Crippen LogP contribution in [0, 0.1) is 11.8 Å². The van der Waals surface area contributed by atoms with Gasteiger partial charge in [0, 0.05) is 25.4 Å². The molecule has 8 nitrogen and oxygen atoms in total. The van der Waals surface area contributed by atoms with Gasteiger partial charge in [-0.25, -0.2) is 0 Å². The van der Waals surface area contributed by atoms with Crippen molar-refractivity contribution in [2.45, 2.75) is 297 Å². The fourth-order valence-electron chi connectivity index (χ4n) is 10.1. The van der Waals surface area contributed by atoms with Crippen LogP contribution in [0.5, 0.6) is 0 Å². The summed E-state index contributed by atoms with van der Waals surface area (Å²) in [6, 6.07) is 0.332. The van der Waals surface area contributed by atoms with Gasteiger partial charge in [-0.1, -0.05) is 188 Å². The molecule has 8 heteroatoms. The molecule has 0 heterocycles. The molecule has 0 saturated heterocycles. The molecule has 3 unspecified atom stereocenters. The maximum atomic E-state index is 13.0. The Kier molecular flexibility index (Phi) is 44.2. The molecule has 1 amide bonds. The summed E-state index contributed by atoms with van der Waals surface area (Å²) >= 11 is 0. The monoisotopic (exact) mass is 921 g/mol. The van der Waals surface area contributed by atoms with E-state index in [0.29, 0.717) is 43.9 Å². The molecule has 0 radical (unpaired) electrons. The average Bonchev–Trinajstić information content (AvgIpc) is 3.31. The van der Waals surface area contributed by atoms with Gasteiger partial charge in [-0.15, -0.1) is 0 Å². The summed E-state index contributed by atoms with van der Waals surface area (Å²) < 4.78 is 12.0. The molecule has 1 rings (SSSR count). The van der Waals surface area contributed by atoms with Crippen LogP contribution in [0.1, 0.15) is 285 Å². The molecule has 0 bridgehead atoms. The molecular formula is C57H112N2O6. The third-order valence-electron chi connectivity index (χ3n) is 14.4. The van der Waals surface area contributed by atoms with Crippen molar-refractivity contribution < 1.29 is 29.3 Å². The minimum Gasteiger partial charge on any atom is -0.465 e. The summed E-state index contributed by atoms with van der Waals surface area (Å²) in [6.07, 6.45) is 45.6. The SMILES string of the molecule is CCCCCCCCC(CCCCCC)COC(=O)CCCCCN(CCCCCC(O)OCC(CCCCCC)CCCCCCCC)CCCCN(C(=O)CCO)C1CCCCC1. The molecule has 65 heavy (non-hydrogen) atoms. The molecule has 0 aromatic heterocycles. The van der Waals surface area contributed by atoms with E-state index in [0.717, 1.165) is 90.4 Å². The first-order valence-corrected chi connectivity index (χ1v) is 29.0. The maximum absolute atomic E-state index is 13.0. The Morgan fingerprint density at radius 2 is 0.908 bits per heavy atom. The smallest absolute Gasteiger partial charge is 0.305 e. The van der Waals surface area contributed by atoms with Gasteiger partial charge in [0.05, 0.1) is 19.8 Å². The number of hydrogen-bond acceptors (Lipinski definition) is 7. The molecule has 1 aliphatic carbocycles. The van der Waals surface area contributed by atoms with E-state index in [2.05, 4.69) is 37.5 Å². The van der Waals surface area contributed by atoms with Crippen LogP contribution in [0.25, 0.3) is 0 Å². The quantitative estimate of drug-likeness (QED) is 0.0356. The van der Waals surface area contributed by atoms with E-state index in [1.54, 1.807) is 0 Å². The number of carbonyl (C=O) groups excluding carboxylic acids is 2. The van der Waals surface area contributed by atoms with Crippen LogP contribution >= 0.6 is 0 Å². The zero-order valence-electron chi connectivity index (χ0n) is 44.0. The van der Waals surface area contributed by atoms with E-state index >= 15 is 0 Å². The average molecular weight is 922 g/mol. The largest absolute Gasteiger partial charge is 0.465 e. The Labute approximate surface area is 404 Å². The van der Waals surface area contributed by atoms with E-state index < -0.39 is 6.29 Å². The minimum atomic E-state index is -0.668. The molecular weight excluding hydrogens is 809 g/mol. The first-order chi connectivity index (χ1) is 31.9. The van der Waals surface area contributed by atoms with Crippen LogP contribution in [0.2, 0.25) is 0 Å². The Hall–Kier alpha value is -1.22. The lowest BCUT2D eigenvalue weighted by Crippen LogP contribution is -2.42. The lowest BCUT2D eigenvalue weighted by Gasteiger charge is -2.34. The van der Waals surface area contributed by atoms with Crippen LogP contribution in [0.3, 0.4) is 0 Å². The molecule has 1 aliphatic rings. The van der Waals surface area contributed by atoms with Crippen molar-refractivity contribution in [1.82, 2.24) is 9.80 Å². The number of aliphatic hydroxyl groups excluding tert-OH is 2. The number of ether oxygens (including phenoxy) is 2. The van der Waals surface area contributed by atoms with Crippen LogP contribution in [0.4, 0.5) is 0 Å². The zero-order valence-corrected chi connectivity index (χ0v) is 44.0. The highest BCUT2D eigenvalue weighted by atomic mass is 16.6. The topological polar surface area (TPSA) is 99.5 Å². The Bertz CT molecular complexity index is 1020. The van der Waals surface area contributed by atoms with Crippen molar-refractivity contribution in [3.05, 3.63) is 0 Å². The molecule has 386 valence electrons. The Morgan fingerprint density at radius 3 is 1.43 bits per heavy atom. The van der Waals surface area contributed by atoms with Crippen LogP contribution < -0.4 is 0 Å². The van der Waals surface area contributed by atoms with Crippen molar-refractivity contribution in [2.75, 3.05) is 46.0 Å². The summed E-state index contributed by atoms with van der Waals surface area (Å²) in [5.41, 5.74) is 0. The fourth-order valence-corrected chi connectivity index (χ4v) is 10.1. The lowest BCUT2D eigenvalue weighted by molar-refractivity contribution is -0.145. The summed E-state index contributed by atoms with van der Waals surface area (Å²) in [7, 11) is 0. The van der Waals surface area contributed by atoms with Crippen molar-refractivity contribution >= 4 is 11.9 Å². The van der Waals surface area contributed by atoms with E-state index in [9.17, 15) is 19.8 Å². The first kappa shape index (κ1) is 61.8. The molecule has 3 atom stereocenters. The third kappa shape index (κ3) is 37.4. The van der Waals surface area contributed by atoms with Gasteiger partial charge in [-0.05, 0) is 115 Å². The summed E-state index contributed by atoms with van der Waals surface area (Å²) in [4.78, 5) is 30.6. The molecule has 0 aromatic carbocycles. The number of unbranched alkanes of at least 4 members (excludes halogenated alkanes) is 21. The van der Waals surface area contributed by atoms with Gasteiger partial charge in [0.25, 0.3) is 0 Å². The number of carbonyl (C=O) groups is 2. The molecule has 1 saturated carbocycles. The highest BCUT2D eigenvalue weighted by molar-refractivity contribution is 5.76. The highest BCUT2D eigenvalue weighted by Crippen LogP contribution is 2.25. The fraction of sp³-hybridized carbons (Fsp3) is 0.965. The zero-order chi connectivity index (χ0) is 47.3. The number of amides is 1. The predicted molar refractivity (Wildman–Crippen MR) is 276 cm³/mol. The van der Waals surface area contributed by atoms with Gasteiger partial charge in [0.15, 0.2) is 6.29 Å². The summed E-state index contributed by atoms with van der Waals surface area (Å²) in [5.74, 6) is 1.16. The van der Waals surface area contributed by atoms with E-state index in [-0.39, 0.29) is 24.9 Å². The Balaban J connectivity index is 2.61. The first-order valence-electron chi connectivity index (χ1n) is 29.0. The number of aliphatic hydroxyl groups is 2. The van der Waals surface area contributed by atoms with Crippen molar-refractivity contribution in [3.8, 4) is 0 Å². The van der Waals surface area contributed by atoms with Gasteiger partial charge < -0.3 is 29.5 Å². The highest BCUT2D eigenvalue weighted by Gasteiger charge is 2.25. The van der Waals surface area contributed by atoms with Crippen LogP contribution in [-0.4, -0.2) is 90.2 Å². The van der Waals surface area contributed by atoms with Gasteiger partial charge >= 0.3 is 5.97 Å². The van der Waals surface area contributed by atoms with Crippen LogP contribution in [-0.2, 0) is 19.1 Å². The normalized spacial score (nSPS) is 14.8. The summed E-state index contributed by atoms with van der Waals surface area (Å²) in [6.45, 7) is 14.1. The standard InChI is InChI=1S/C57H112N2O6/c1-5-9-13-17-19-26-38-52(36-24-15-11-7-3)50-64-56(62)42-30-22-32-45-58(47-34-35-48-59(55(61)44-49-60)54-40-28-21-29-41-54)46-33-23-31-43-57(63)65-51-53(37-25-16-12-8-4)39-27-20-18-14-10-6-2/h52-54,56,60,62H,5-51H2,1-4H3. The molecule has 0 aromatic rings. The maximum Gasteiger partial charge on any atom is 0.305 e. The number of rotatable bonds is 49. The predicted octanol–water partition coefficient (Wildman–Crippen LogP) is 15.3. The van der Waals surface area contributed by atoms with Gasteiger partial charge in [0.1, 0.15) is 0 Å². The third-order valence-corrected chi connectivity index (χ3v) is 14.4. The van der Waals surface area contributed by atoms with E-state index in [4.69, 9.17) is 9.47 Å². The Morgan fingerprint density at radius 1 is 0.492 bits per heavy atom. The number of hydrogen-bond donors (Lipinski definition) is 2. The lowest BCUT2D eigenvalue weighted by atomic mass is 9.93. The second kappa shape index (κ2) is 46.5. The number of esters is 1.